The Morgan fingerprint density at radius 3 is 2.88 bits per heavy atom. The van der Waals surface area contributed by atoms with Gasteiger partial charge in [0.1, 0.15) is 5.82 Å². The van der Waals surface area contributed by atoms with Crippen molar-refractivity contribution in [1.82, 2.24) is 14.9 Å². The quantitative estimate of drug-likeness (QED) is 0.857. The Kier molecular flexibility index (Phi) is 5.16. The fourth-order valence-electron chi connectivity index (χ4n) is 3.03. The number of ether oxygens (including phenoxy) is 1. The summed E-state index contributed by atoms with van der Waals surface area (Å²) in [7, 11) is 0. The van der Waals surface area contributed by atoms with Gasteiger partial charge in [0.25, 0.3) is 5.56 Å². The SMILES string of the molecule is CCOC(=O)C1CCN(Cc2nc3cc(Cl)ccc3c(=O)[nH]2)CC1. The number of rotatable bonds is 4. The number of fused-ring (bicyclic) bond motifs is 1. The molecule has 6 nitrogen and oxygen atoms in total. The molecule has 1 aromatic heterocycles. The molecule has 3 rings (SSSR count). The zero-order chi connectivity index (χ0) is 17.1. The summed E-state index contributed by atoms with van der Waals surface area (Å²) >= 11 is 5.98. The smallest absolute Gasteiger partial charge is 0.309 e. The fraction of sp³-hybridized carbons (Fsp3) is 0.471. The number of hydrogen-bond donors (Lipinski definition) is 1. The largest absolute Gasteiger partial charge is 0.466 e. The number of nitrogens with one attached hydrogen (secondary N) is 1. The molecule has 2 aromatic rings. The van der Waals surface area contributed by atoms with E-state index in [1.54, 1.807) is 18.2 Å². The van der Waals surface area contributed by atoms with Crippen molar-refractivity contribution < 1.29 is 9.53 Å². The van der Waals surface area contributed by atoms with Crippen LogP contribution in [0.15, 0.2) is 23.0 Å². The second-order valence-electron chi connectivity index (χ2n) is 5.98. The van der Waals surface area contributed by atoms with Crippen LogP contribution in [-0.4, -0.2) is 40.5 Å². The van der Waals surface area contributed by atoms with Crippen LogP contribution < -0.4 is 5.56 Å². The number of piperidine rings is 1. The van der Waals surface area contributed by atoms with Crippen LogP contribution in [0.2, 0.25) is 5.02 Å². The number of aromatic nitrogens is 2. The molecule has 1 aliphatic heterocycles. The summed E-state index contributed by atoms with van der Waals surface area (Å²) in [6.45, 7) is 4.35. The van der Waals surface area contributed by atoms with Crippen molar-refractivity contribution in [2.75, 3.05) is 19.7 Å². The fourth-order valence-corrected chi connectivity index (χ4v) is 3.20. The van der Waals surface area contributed by atoms with E-state index >= 15 is 0 Å². The maximum absolute atomic E-state index is 12.1. The highest BCUT2D eigenvalue weighted by molar-refractivity contribution is 6.31. The standard InChI is InChI=1S/C17H20ClN3O3/c1-2-24-17(23)11-5-7-21(8-6-11)10-15-19-14-9-12(18)3-4-13(14)16(22)20-15/h3-4,9,11H,2,5-8,10H2,1H3,(H,19,20,22). The zero-order valence-corrected chi connectivity index (χ0v) is 14.3. The summed E-state index contributed by atoms with van der Waals surface area (Å²) in [5.74, 6) is 0.483. The van der Waals surface area contributed by atoms with Gasteiger partial charge in [-0.15, -0.1) is 0 Å². The van der Waals surface area contributed by atoms with Gasteiger partial charge in [0, 0.05) is 5.02 Å². The molecule has 1 N–H and O–H groups in total. The van der Waals surface area contributed by atoms with Gasteiger partial charge in [-0.3, -0.25) is 14.5 Å². The van der Waals surface area contributed by atoms with Crippen LogP contribution >= 0.6 is 11.6 Å². The molecule has 0 atom stereocenters. The highest BCUT2D eigenvalue weighted by Gasteiger charge is 2.26. The summed E-state index contributed by atoms with van der Waals surface area (Å²) in [6.07, 6.45) is 1.53. The van der Waals surface area contributed by atoms with Gasteiger partial charge in [-0.1, -0.05) is 11.6 Å². The number of nitrogens with zero attached hydrogens (tertiary/aromatic N) is 2. The Labute approximate surface area is 144 Å². The Morgan fingerprint density at radius 2 is 2.17 bits per heavy atom. The summed E-state index contributed by atoms with van der Waals surface area (Å²) in [5, 5.41) is 1.09. The molecule has 0 aliphatic carbocycles. The Bertz CT molecular complexity index is 797. The molecule has 0 bridgehead atoms. The second-order valence-corrected chi connectivity index (χ2v) is 6.41. The third-order valence-corrected chi connectivity index (χ3v) is 4.53. The van der Waals surface area contributed by atoms with Crippen LogP contribution in [0.25, 0.3) is 10.9 Å². The molecular formula is C17H20ClN3O3. The predicted molar refractivity (Wildman–Crippen MR) is 92.0 cm³/mol. The van der Waals surface area contributed by atoms with E-state index in [-0.39, 0.29) is 17.4 Å². The van der Waals surface area contributed by atoms with Gasteiger partial charge >= 0.3 is 5.97 Å². The maximum atomic E-state index is 12.1. The van der Waals surface area contributed by atoms with Crippen LogP contribution in [0.3, 0.4) is 0 Å². The molecule has 0 amide bonds. The maximum Gasteiger partial charge on any atom is 0.309 e. The number of carbonyl (C=O) groups is 1. The monoisotopic (exact) mass is 349 g/mol. The van der Waals surface area contributed by atoms with E-state index in [0.717, 1.165) is 25.9 Å². The minimum Gasteiger partial charge on any atom is -0.466 e. The van der Waals surface area contributed by atoms with Gasteiger partial charge in [-0.2, -0.15) is 0 Å². The molecule has 2 heterocycles. The first-order valence-corrected chi connectivity index (χ1v) is 8.52. The molecule has 1 fully saturated rings. The van der Waals surface area contributed by atoms with E-state index in [4.69, 9.17) is 16.3 Å². The molecule has 0 saturated carbocycles. The highest BCUT2D eigenvalue weighted by atomic mass is 35.5. The van der Waals surface area contributed by atoms with Crippen molar-refractivity contribution in [1.29, 1.82) is 0 Å². The van der Waals surface area contributed by atoms with Gasteiger partial charge in [0.05, 0.1) is 30.0 Å². The van der Waals surface area contributed by atoms with Crippen molar-refractivity contribution >= 4 is 28.5 Å². The lowest BCUT2D eigenvalue weighted by Gasteiger charge is -2.30. The van der Waals surface area contributed by atoms with Gasteiger partial charge in [0.2, 0.25) is 0 Å². The third kappa shape index (κ3) is 3.76. The molecule has 0 unspecified atom stereocenters. The minimum atomic E-state index is -0.159. The van der Waals surface area contributed by atoms with Crippen LogP contribution in [0.4, 0.5) is 0 Å². The van der Waals surface area contributed by atoms with Crippen molar-refractivity contribution in [3.05, 3.63) is 39.4 Å². The number of aromatic amines is 1. The molecule has 0 spiro atoms. The Balaban J connectivity index is 1.68. The van der Waals surface area contributed by atoms with Gasteiger partial charge in [-0.05, 0) is 51.1 Å². The van der Waals surface area contributed by atoms with E-state index in [1.807, 2.05) is 6.92 Å². The molecular weight excluding hydrogens is 330 g/mol. The number of halogens is 1. The molecule has 24 heavy (non-hydrogen) atoms. The lowest BCUT2D eigenvalue weighted by molar-refractivity contribution is -0.149. The molecule has 1 saturated heterocycles. The topological polar surface area (TPSA) is 75.3 Å². The number of H-pyrrole nitrogens is 1. The van der Waals surface area contributed by atoms with Crippen molar-refractivity contribution in [2.45, 2.75) is 26.3 Å². The Hall–Kier alpha value is -1.92. The molecule has 1 aliphatic rings. The first-order valence-electron chi connectivity index (χ1n) is 8.14. The van der Waals surface area contributed by atoms with E-state index in [9.17, 15) is 9.59 Å². The first kappa shape index (κ1) is 16.9. The summed E-state index contributed by atoms with van der Waals surface area (Å²) in [6, 6.07) is 5.06. The summed E-state index contributed by atoms with van der Waals surface area (Å²) < 4.78 is 5.08. The number of carbonyl (C=O) groups excluding carboxylic acids is 1. The lowest BCUT2D eigenvalue weighted by atomic mass is 9.97. The number of hydrogen-bond acceptors (Lipinski definition) is 5. The predicted octanol–water partition coefficient (Wildman–Crippen LogP) is 2.35. The zero-order valence-electron chi connectivity index (χ0n) is 13.5. The van der Waals surface area contributed by atoms with E-state index in [0.29, 0.717) is 34.9 Å². The molecule has 128 valence electrons. The minimum absolute atomic E-state index is 0.0244. The number of benzene rings is 1. The van der Waals surface area contributed by atoms with E-state index in [1.165, 1.54) is 0 Å². The van der Waals surface area contributed by atoms with E-state index in [2.05, 4.69) is 14.9 Å². The van der Waals surface area contributed by atoms with Gasteiger partial charge in [0.15, 0.2) is 0 Å². The summed E-state index contributed by atoms with van der Waals surface area (Å²) in [5.41, 5.74) is 0.440. The average molecular weight is 350 g/mol. The van der Waals surface area contributed by atoms with Gasteiger partial charge in [-0.25, -0.2) is 4.98 Å². The Morgan fingerprint density at radius 1 is 1.42 bits per heavy atom. The highest BCUT2D eigenvalue weighted by Crippen LogP contribution is 2.20. The molecule has 1 aromatic carbocycles. The number of likely N-dealkylation sites (tertiary alicyclic amines) is 1. The summed E-state index contributed by atoms with van der Waals surface area (Å²) in [4.78, 5) is 33.4. The number of esters is 1. The average Bonchev–Trinajstić information content (AvgIpc) is 2.55. The van der Waals surface area contributed by atoms with Crippen LogP contribution in [0, 0.1) is 5.92 Å². The van der Waals surface area contributed by atoms with Crippen molar-refractivity contribution in [3.63, 3.8) is 0 Å². The normalized spacial score (nSPS) is 16.4. The van der Waals surface area contributed by atoms with E-state index < -0.39 is 0 Å². The second kappa shape index (κ2) is 7.32. The molecule has 0 radical (unpaired) electrons. The van der Waals surface area contributed by atoms with Crippen molar-refractivity contribution in [3.8, 4) is 0 Å². The van der Waals surface area contributed by atoms with Crippen molar-refractivity contribution in [2.24, 2.45) is 5.92 Å². The van der Waals surface area contributed by atoms with Gasteiger partial charge < -0.3 is 9.72 Å². The van der Waals surface area contributed by atoms with Crippen LogP contribution in [0.1, 0.15) is 25.6 Å². The first-order chi connectivity index (χ1) is 11.6. The lowest BCUT2D eigenvalue weighted by Crippen LogP contribution is -2.37. The van der Waals surface area contributed by atoms with Crippen LogP contribution in [-0.2, 0) is 16.1 Å². The van der Waals surface area contributed by atoms with Crippen LogP contribution in [0.5, 0.6) is 0 Å². The third-order valence-electron chi connectivity index (χ3n) is 4.30. The molecule has 7 heteroatoms.